The SMILES string of the molecule is Cc1cccc(NC(=O)NCCNc2cc(N3CCCC3)nc(C)n2)c1. The lowest BCUT2D eigenvalue weighted by Crippen LogP contribution is -2.32. The molecule has 2 aromatic rings. The summed E-state index contributed by atoms with van der Waals surface area (Å²) in [7, 11) is 0. The van der Waals surface area contributed by atoms with Gasteiger partial charge in [-0.05, 0) is 44.4 Å². The maximum absolute atomic E-state index is 11.9. The summed E-state index contributed by atoms with van der Waals surface area (Å²) in [6.07, 6.45) is 2.43. The Morgan fingerprint density at radius 3 is 2.69 bits per heavy atom. The van der Waals surface area contributed by atoms with Crippen LogP contribution in [0.15, 0.2) is 30.3 Å². The molecule has 3 N–H and O–H groups in total. The van der Waals surface area contributed by atoms with E-state index in [1.807, 2.05) is 44.2 Å². The van der Waals surface area contributed by atoms with Crippen LogP contribution in [0.5, 0.6) is 0 Å². The molecule has 0 radical (unpaired) electrons. The lowest BCUT2D eigenvalue weighted by atomic mass is 10.2. The Labute approximate surface area is 154 Å². The molecule has 3 rings (SSSR count). The van der Waals surface area contributed by atoms with Crippen LogP contribution in [0, 0.1) is 13.8 Å². The van der Waals surface area contributed by atoms with Gasteiger partial charge in [0.05, 0.1) is 0 Å². The van der Waals surface area contributed by atoms with E-state index in [1.165, 1.54) is 12.8 Å². The molecule has 7 heteroatoms. The molecule has 1 aromatic carbocycles. The average Bonchev–Trinajstić information content (AvgIpc) is 3.13. The zero-order valence-corrected chi connectivity index (χ0v) is 15.4. The summed E-state index contributed by atoms with van der Waals surface area (Å²) in [4.78, 5) is 23.2. The fourth-order valence-corrected chi connectivity index (χ4v) is 3.02. The molecule has 1 aromatic heterocycles. The summed E-state index contributed by atoms with van der Waals surface area (Å²) in [5.41, 5.74) is 1.90. The van der Waals surface area contributed by atoms with Crippen LogP contribution < -0.4 is 20.9 Å². The zero-order chi connectivity index (χ0) is 18.4. The molecular formula is C19H26N6O. The molecule has 7 nitrogen and oxygen atoms in total. The lowest BCUT2D eigenvalue weighted by molar-refractivity contribution is 0.252. The summed E-state index contributed by atoms with van der Waals surface area (Å²) in [6.45, 7) is 7.09. The van der Waals surface area contributed by atoms with Gasteiger partial charge in [-0.2, -0.15) is 0 Å². The predicted molar refractivity (Wildman–Crippen MR) is 105 cm³/mol. The van der Waals surface area contributed by atoms with E-state index in [2.05, 4.69) is 30.8 Å². The summed E-state index contributed by atoms with van der Waals surface area (Å²) >= 11 is 0. The number of benzene rings is 1. The number of aromatic nitrogens is 2. The minimum atomic E-state index is -0.214. The second kappa shape index (κ2) is 8.51. The van der Waals surface area contributed by atoms with Crippen molar-refractivity contribution in [3.8, 4) is 0 Å². The molecule has 1 aliphatic heterocycles. The Hall–Kier alpha value is -2.83. The molecule has 0 aliphatic carbocycles. The van der Waals surface area contributed by atoms with Crippen molar-refractivity contribution in [2.45, 2.75) is 26.7 Å². The van der Waals surface area contributed by atoms with Crippen molar-refractivity contribution in [2.75, 3.05) is 41.7 Å². The third-order valence-electron chi connectivity index (χ3n) is 4.25. The molecule has 2 heterocycles. The number of carbonyl (C=O) groups excluding carboxylic acids is 1. The Morgan fingerprint density at radius 1 is 1.12 bits per heavy atom. The van der Waals surface area contributed by atoms with Gasteiger partial charge >= 0.3 is 6.03 Å². The van der Waals surface area contributed by atoms with E-state index in [9.17, 15) is 4.79 Å². The Balaban J connectivity index is 1.45. The number of hydrogen-bond donors (Lipinski definition) is 3. The molecule has 1 aliphatic rings. The highest BCUT2D eigenvalue weighted by atomic mass is 16.2. The van der Waals surface area contributed by atoms with Crippen LogP contribution >= 0.6 is 0 Å². The maximum atomic E-state index is 11.9. The van der Waals surface area contributed by atoms with Crippen molar-refractivity contribution in [1.29, 1.82) is 0 Å². The van der Waals surface area contributed by atoms with Crippen molar-refractivity contribution < 1.29 is 4.79 Å². The molecule has 2 amide bonds. The average molecular weight is 354 g/mol. The van der Waals surface area contributed by atoms with Gasteiger partial charge < -0.3 is 20.9 Å². The Bertz CT molecular complexity index is 757. The van der Waals surface area contributed by atoms with Gasteiger partial charge in [0.25, 0.3) is 0 Å². The number of hydrogen-bond acceptors (Lipinski definition) is 5. The number of rotatable bonds is 6. The van der Waals surface area contributed by atoms with E-state index in [0.717, 1.165) is 41.8 Å². The first-order valence-corrected chi connectivity index (χ1v) is 9.06. The predicted octanol–water partition coefficient (Wildman–Crippen LogP) is 2.93. The first-order chi connectivity index (χ1) is 12.6. The van der Waals surface area contributed by atoms with Crippen LogP contribution in [0.25, 0.3) is 0 Å². The van der Waals surface area contributed by atoms with Crippen LogP contribution in [0.2, 0.25) is 0 Å². The van der Waals surface area contributed by atoms with Gasteiger partial charge in [-0.15, -0.1) is 0 Å². The topological polar surface area (TPSA) is 82.2 Å². The molecule has 1 fully saturated rings. The minimum absolute atomic E-state index is 0.214. The highest BCUT2D eigenvalue weighted by Gasteiger charge is 2.14. The van der Waals surface area contributed by atoms with E-state index in [4.69, 9.17) is 0 Å². The second-order valence-corrected chi connectivity index (χ2v) is 6.53. The molecule has 0 atom stereocenters. The number of aryl methyl sites for hydroxylation is 2. The smallest absolute Gasteiger partial charge is 0.319 e. The second-order valence-electron chi connectivity index (χ2n) is 6.53. The van der Waals surface area contributed by atoms with Crippen molar-refractivity contribution >= 4 is 23.4 Å². The standard InChI is InChI=1S/C19H26N6O/c1-14-6-5-7-16(12-14)24-19(26)21-9-8-20-17-13-18(23-15(2)22-17)25-10-3-4-11-25/h5-7,12-13H,3-4,8-11H2,1-2H3,(H,20,22,23)(H2,21,24,26). The van der Waals surface area contributed by atoms with Gasteiger partial charge in [-0.3, -0.25) is 0 Å². The van der Waals surface area contributed by atoms with Gasteiger partial charge in [-0.1, -0.05) is 12.1 Å². The molecule has 0 saturated carbocycles. The first-order valence-electron chi connectivity index (χ1n) is 9.06. The Morgan fingerprint density at radius 2 is 1.92 bits per heavy atom. The maximum Gasteiger partial charge on any atom is 0.319 e. The lowest BCUT2D eigenvalue weighted by Gasteiger charge is -2.17. The summed E-state index contributed by atoms with van der Waals surface area (Å²) in [5, 5.41) is 8.92. The third kappa shape index (κ3) is 5.08. The fourth-order valence-electron chi connectivity index (χ4n) is 3.02. The minimum Gasteiger partial charge on any atom is -0.368 e. The number of nitrogens with zero attached hydrogens (tertiary/aromatic N) is 3. The number of urea groups is 1. The van der Waals surface area contributed by atoms with Crippen LogP contribution in [-0.4, -0.2) is 42.2 Å². The molecule has 0 unspecified atom stereocenters. The van der Waals surface area contributed by atoms with Crippen molar-refractivity contribution in [2.24, 2.45) is 0 Å². The quantitative estimate of drug-likeness (QED) is 0.695. The summed E-state index contributed by atoms with van der Waals surface area (Å²) in [5.74, 6) is 2.52. The van der Waals surface area contributed by atoms with E-state index >= 15 is 0 Å². The fraction of sp³-hybridized carbons (Fsp3) is 0.421. The number of anilines is 3. The van der Waals surface area contributed by atoms with Gasteiger partial charge in [0.1, 0.15) is 17.5 Å². The van der Waals surface area contributed by atoms with Gasteiger partial charge in [0.2, 0.25) is 0 Å². The van der Waals surface area contributed by atoms with E-state index in [1.54, 1.807) is 0 Å². The molecule has 1 saturated heterocycles. The van der Waals surface area contributed by atoms with E-state index in [0.29, 0.717) is 13.1 Å². The van der Waals surface area contributed by atoms with Crippen LogP contribution in [0.1, 0.15) is 24.2 Å². The highest BCUT2D eigenvalue weighted by Crippen LogP contribution is 2.20. The molecule has 0 bridgehead atoms. The summed E-state index contributed by atoms with van der Waals surface area (Å²) < 4.78 is 0. The third-order valence-corrected chi connectivity index (χ3v) is 4.25. The van der Waals surface area contributed by atoms with Crippen molar-refractivity contribution in [3.63, 3.8) is 0 Å². The molecule has 0 spiro atoms. The van der Waals surface area contributed by atoms with Crippen LogP contribution in [0.3, 0.4) is 0 Å². The largest absolute Gasteiger partial charge is 0.368 e. The first kappa shape index (κ1) is 18.0. The highest BCUT2D eigenvalue weighted by molar-refractivity contribution is 5.89. The van der Waals surface area contributed by atoms with E-state index < -0.39 is 0 Å². The van der Waals surface area contributed by atoms with Crippen LogP contribution in [0.4, 0.5) is 22.1 Å². The van der Waals surface area contributed by atoms with Crippen molar-refractivity contribution in [1.82, 2.24) is 15.3 Å². The summed E-state index contributed by atoms with van der Waals surface area (Å²) in [6, 6.07) is 9.48. The van der Waals surface area contributed by atoms with Crippen molar-refractivity contribution in [3.05, 3.63) is 41.7 Å². The number of amides is 2. The van der Waals surface area contributed by atoms with Gasteiger partial charge in [0, 0.05) is 37.9 Å². The number of carbonyl (C=O) groups is 1. The van der Waals surface area contributed by atoms with Gasteiger partial charge in [-0.25, -0.2) is 14.8 Å². The normalized spacial score (nSPS) is 13.5. The Kier molecular flexibility index (Phi) is 5.88. The number of nitrogens with one attached hydrogen (secondary N) is 3. The van der Waals surface area contributed by atoms with E-state index in [-0.39, 0.29) is 6.03 Å². The van der Waals surface area contributed by atoms with Gasteiger partial charge in [0.15, 0.2) is 0 Å². The van der Waals surface area contributed by atoms with Crippen LogP contribution in [-0.2, 0) is 0 Å². The molecule has 26 heavy (non-hydrogen) atoms. The molecular weight excluding hydrogens is 328 g/mol. The molecule has 138 valence electrons. The zero-order valence-electron chi connectivity index (χ0n) is 15.4. The monoisotopic (exact) mass is 354 g/mol.